The molecule has 12 amide bonds. The first-order valence-electron chi connectivity index (χ1n) is 38.3. The Balaban J connectivity index is 0.000000171. The maximum absolute atomic E-state index is 11.7. The van der Waals surface area contributed by atoms with Crippen LogP contribution in [-0.2, 0) is 95.7 Å². The molecule has 24 atom stereocenters. The van der Waals surface area contributed by atoms with Gasteiger partial charge in [-0.3, -0.25) is 96.3 Å². The monoisotopic (exact) mass is 1500 g/mol. The molecule has 0 N–H and O–H groups in total. The molecule has 8 bridgehead atoms. The maximum atomic E-state index is 11.7. The van der Waals surface area contributed by atoms with Crippen molar-refractivity contribution in [2.24, 2.45) is 94.7 Å². The van der Waals surface area contributed by atoms with E-state index in [1.54, 1.807) is 71.1 Å². The van der Waals surface area contributed by atoms with Gasteiger partial charge in [0.05, 0.1) is 71.5 Å². The van der Waals surface area contributed by atoms with Crippen molar-refractivity contribution in [3.05, 3.63) is 72.9 Å². The second-order valence-corrected chi connectivity index (χ2v) is 29.9. The van der Waals surface area contributed by atoms with Gasteiger partial charge in [-0.05, 0) is 101 Å². The Hall–Kier alpha value is -9.24. The summed E-state index contributed by atoms with van der Waals surface area (Å²) in [5, 5.41) is 0. The normalized spacial score (nSPS) is 35.5. The Morgan fingerprint density at radius 3 is 0.972 bits per heavy atom. The van der Waals surface area contributed by atoms with Crippen molar-refractivity contribution < 1.29 is 95.7 Å². The molecular formula is C80H112N8O20. The number of likely N-dealkylation sites (N-methyl/N-ethyl adjacent to an activating group) is 4. The highest BCUT2D eigenvalue weighted by atomic mass is 16.5. The number of fused-ring (bicyclic) bond motifs is 16. The fraction of sp³-hybridized carbons (Fsp3) is 0.650. The number of hydrogen-bond donors (Lipinski definition) is 0. The first kappa shape index (κ1) is 86.0. The van der Waals surface area contributed by atoms with E-state index in [0.717, 1.165) is 122 Å². The number of hydrogen-bond acceptors (Lipinski definition) is 20. The number of nitrogens with zero attached hydrogens (tertiary/aromatic N) is 8. The first-order valence-corrected chi connectivity index (χ1v) is 38.3. The Morgan fingerprint density at radius 2 is 0.602 bits per heavy atom. The van der Waals surface area contributed by atoms with Crippen LogP contribution in [0.2, 0.25) is 0 Å². The molecule has 6 saturated carbocycles. The van der Waals surface area contributed by atoms with Gasteiger partial charge in [0.15, 0.2) is 0 Å². The van der Waals surface area contributed by atoms with E-state index >= 15 is 0 Å². The molecule has 4 saturated heterocycles. The zero-order valence-corrected chi connectivity index (χ0v) is 64.5. The number of allylic oxidation sites excluding steroid dienone is 6. The molecule has 4 aliphatic heterocycles. The smallest absolute Gasteiger partial charge is 0.293 e. The van der Waals surface area contributed by atoms with Gasteiger partial charge in [0, 0.05) is 86.5 Å². The van der Waals surface area contributed by atoms with E-state index in [4.69, 9.17) is 18.9 Å². The van der Waals surface area contributed by atoms with Gasteiger partial charge in [-0.2, -0.15) is 0 Å². The third-order valence-corrected chi connectivity index (χ3v) is 24.4. The summed E-state index contributed by atoms with van der Waals surface area (Å²) in [6, 6.07) is 0.0875. The van der Waals surface area contributed by atoms with Crippen molar-refractivity contribution in [1.29, 1.82) is 0 Å². The van der Waals surface area contributed by atoms with E-state index in [-0.39, 0.29) is 155 Å². The van der Waals surface area contributed by atoms with E-state index in [0.29, 0.717) is 67.8 Å². The van der Waals surface area contributed by atoms with Crippen molar-refractivity contribution in [1.82, 2.24) is 39.2 Å². The summed E-state index contributed by atoms with van der Waals surface area (Å²) in [5.41, 5.74) is 0. The largest absolute Gasteiger partial charge is 0.462 e. The minimum Gasteiger partial charge on any atom is -0.462 e. The molecule has 24 unspecified atom stereocenters. The number of ether oxygens (including phenoxy) is 4. The Bertz CT molecular complexity index is 3200. The average Bonchev–Trinajstić information content (AvgIpc) is 1.58. The summed E-state index contributed by atoms with van der Waals surface area (Å²) in [6.45, 7) is 9.87. The van der Waals surface area contributed by atoms with Gasteiger partial charge in [-0.25, -0.2) is 0 Å². The molecule has 16 rings (SSSR count). The number of amides is 12. The topological polar surface area (TPSA) is 336 Å². The van der Waals surface area contributed by atoms with Crippen LogP contribution in [0.15, 0.2) is 72.9 Å². The van der Waals surface area contributed by atoms with Gasteiger partial charge in [0.1, 0.15) is 24.4 Å². The SMILES string of the molecule is CC.CC.CN(C=O)C1C2C=CC(C2)C1OC=O.CN(C=O)C1C2C=CC(C2)C1OC=O.CN(C=O)C1CC=CCC1OC=O.CN(C=O)C1CCCCC1OC=O.CN1C(=O)C2C3C=CC(C3)C2C1=O.CN1C(=O)C2C3C=CC(C3)C2C1=O.CN1C(=O)C2CC=CCC2C1=O.CN1C(=O)C2CCCCC2C1=O. The fourth-order valence-corrected chi connectivity index (χ4v) is 18.9. The number of carbonyl (C=O) groups is 16. The van der Waals surface area contributed by atoms with E-state index in [1.807, 2.05) is 52.0 Å². The standard InChI is InChI=1S/2C10H13NO3.2C10H11NO2.C9H15NO3.C9H13NO3.C9H13NO2.C9H11NO2.2C2H6/c2*1-11(5-12)9-7-2-3-8(4-7)10(9)14-6-13;2*1-11-9(12)7-5-2-3-6(4-5)8(7)10(11)13;2*1-10(6-11)8-4-2-3-5-9(8)13-7-12;2*1-10-8(11)6-4-2-3-5-7(6)9(10)12;2*1-2/h2*2-3,5-10H,4H2,1H3;2*2-3,5-8H,4H2,1H3;6-9H,2-5H2,1H3;2-3,6-9H,4-5H2,1H3;6-7H,2-5H2,1H3;2-3,6-7H,4-5H2,1H3;2*1-2H3. The highest BCUT2D eigenvalue weighted by Crippen LogP contribution is 2.54. The number of likely N-dealkylation sites (tertiary alicyclic amines) is 4. The molecule has 12 aliphatic carbocycles. The minimum atomic E-state index is -0.197. The van der Waals surface area contributed by atoms with Crippen LogP contribution in [0.3, 0.4) is 0 Å². The average molecular weight is 1510 g/mol. The van der Waals surface area contributed by atoms with Crippen LogP contribution in [0.25, 0.3) is 0 Å². The predicted octanol–water partition coefficient (Wildman–Crippen LogP) is 5.53. The summed E-state index contributed by atoms with van der Waals surface area (Å²) in [6.07, 6.45) is 42.2. The molecule has 0 aromatic carbocycles. The summed E-state index contributed by atoms with van der Waals surface area (Å²) < 4.78 is 19.9. The zero-order chi connectivity index (χ0) is 79.4. The molecule has 0 aromatic heterocycles. The number of rotatable bonds is 16. The molecule has 28 heteroatoms. The van der Waals surface area contributed by atoms with Gasteiger partial charge in [0.2, 0.25) is 72.9 Å². The van der Waals surface area contributed by atoms with Crippen LogP contribution < -0.4 is 0 Å². The predicted molar refractivity (Wildman–Crippen MR) is 393 cm³/mol. The second kappa shape index (κ2) is 40.3. The molecule has 0 aromatic rings. The molecule has 10 fully saturated rings. The zero-order valence-electron chi connectivity index (χ0n) is 64.5. The summed E-state index contributed by atoms with van der Waals surface area (Å²) in [7, 11) is 13.2. The summed E-state index contributed by atoms with van der Waals surface area (Å²) >= 11 is 0. The lowest BCUT2D eigenvalue weighted by atomic mass is 9.81. The van der Waals surface area contributed by atoms with E-state index in [1.165, 1.54) is 24.5 Å². The van der Waals surface area contributed by atoms with Gasteiger partial charge in [0.25, 0.3) is 25.9 Å². The molecular weight excluding hydrogens is 1390 g/mol. The fourth-order valence-electron chi connectivity index (χ4n) is 18.9. The van der Waals surface area contributed by atoms with E-state index in [9.17, 15) is 76.7 Å². The van der Waals surface area contributed by atoms with Crippen molar-refractivity contribution >= 4 is 98.8 Å². The number of imide groups is 4. The summed E-state index contributed by atoms with van der Waals surface area (Å²) in [4.78, 5) is 187. The summed E-state index contributed by atoms with van der Waals surface area (Å²) in [5.74, 6) is 2.71. The lowest BCUT2D eigenvalue weighted by Gasteiger charge is -2.34. The highest BCUT2D eigenvalue weighted by molar-refractivity contribution is 6.07. The molecule has 108 heavy (non-hydrogen) atoms. The van der Waals surface area contributed by atoms with Crippen molar-refractivity contribution in [2.75, 3.05) is 56.4 Å². The van der Waals surface area contributed by atoms with Gasteiger partial charge >= 0.3 is 0 Å². The first-order chi connectivity index (χ1) is 52.0. The van der Waals surface area contributed by atoms with Crippen LogP contribution in [0.1, 0.15) is 130 Å². The quantitative estimate of drug-likeness (QED) is 0.0793. The minimum absolute atomic E-state index is 0.00523. The van der Waals surface area contributed by atoms with Gasteiger partial charge < -0.3 is 38.5 Å². The second-order valence-electron chi connectivity index (χ2n) is 29.9. The van der Waals surface area contributed by atoms with Crippen molar-refractivity contribution in [3.63, 3.8) is 0 Å². The van der Waals surface area contributed by atoms with Crippen LogP contribution in [0, 0.1) is 94.7 Å². The molecule has 592 valence electrons. The third kappa shape index (κ3) is 18.5. The van der Waals surface area contributed by atoms with E-state index in [2.05, 4.69) is 48.6 Å². The van der Waals surface area contributed by atoms with Crippen LogP contribution in [0.5, 0.6) is 0 Å². The Labute approximate surface area is 634 Å². The molecule has 4 heterocycles. The molecule has 0 spiro atoms. The lowest BCUT2D eigenvalue weighted by Crippen LogP contribution is -2.44. The number of carbonyl (C=O) groups excluding carboxylic acids is 16. The third-order valence-electron chi connectivity index (χ3n) is 24.4. The van der Waals surface area contributed by atoms with Crippen LogP contribution in [0.4, 0.5) is 0 Å². The van der Waals surface area contributed by atoms with Crippen molar-refractivity contribution in [3.8, 4) is 0 Å². The molecule has 28 nitrogen and oxygen atoms in total. The maximum Gasteiger partial charge on any atom is 0.293 e. The molecule has 16 aliphatic rings. The van der Waals surface area contributed by atoms with Crippen molar-refractivity contribution in [2.45, 2.75) is 179 Å². The Kier molecular flexibility index (Phi) is 32.1. The van der Waals surface area contributed by atoms with E-state index < -0.39 is 0 Å². The van der Waals surface area contributed by atoms with Gasteiger partial charge in [-0.15, -0.1) is 0 Å². The Morgan fingerprint density at radius 1 is 0.315 bits per heavy atom. The highest BCUT2D eigenvalue weighted by Gasteiger charge is 2.60. The van der Waals surface area contributed by atoms with Gasteiger partial charge in [-0.1, -0.05) is 120 Å². The van der Waals surface area contributed by atoms with Crippen LogP contribution >= 0.6 is 0 Å². The molecule has 0 radical (unpaired) electrons. The van der Waals surface area contributed by atoms with Crippen LogP contribution in [-0.4, -0.2) is 243 Å². The lowest BCUT2D eigenvalue weighted by molar-refractivity contribution is -0.141.